The predicted molar refractivity (Wildman–Crippen MR) is 56.6 cm³/mol. The summed E-state index contributed by atoms with van der Waals surface area (Å²) < 4.78 is 0. The van der Waals surface area contributed by atoms with Crippen molar-refractivity contribution in [3.05, 3.63) is 28.5 Å². The molecule has 2 nitrogen and oxygen atoms in total. The summed E-state index contributed by atoms with van der Waals surface area (Å²) in [4.78, 5) is 4.22. The maximum absolute atomic E-state index is 9.70. The standard InChI is InChI=1S/C11H14ClNO/c1-7-3-4-9(10(12)13-7)11(5-6-11)8(2)14/h3-4,8,14H,5-6H2,1-2H3. The van der Waals surface area contributed by atoms with Crippen LogP contribution in [0.2, 0.25) is 5.15 Å². The molecule has 1 aromatic rings. The van der Waals surface area contributed by atoms with E-state index in [0.717, 1.165) is 24.1 Å². The Hall–Kier alpha value is -0.600. The second kappa shape index (κ2) is 3.21. The third kappa shape index (κ3) is 1.43. The first-order valence-electron chi connectivity index (χ1n) is 4.88. The highest BCUT2D eigenvalue weighted by atomic mass is 35.5. The molecule has 2 rings (SSSR count). The highest BCUT2D eigenvalue weighted by Gasteiger charge is 2.49. The van der Waals surface area contributed by atoms with Gasteiger partial charge in [-0.05, 0) is 38.3 Å². The molecule has 1 N–H and O–H groups in total. The van der Waals surface area contributed by atoms with Crippen LogP contribution >= 0.6 is 11.6 Å². The molecule has 1 saturated carbocycles. The number of aryl methyl sites for hydroxylation is 1. The van der Waals surface area contributed by atoms with E-state index < -0.39 is 0 Å². The Morgan fingerprint density at radius 2 is 2.14 bits per heavy atom. The molecule has 1 atom stereocenters. The van der Waals surface area contributed by atoms with E-state index in [1.807, 2.05) is 26.0 Å². The first-order chi connectivity index (χ1) is 6.56. The predicted octanol–water partition coefficient (Wildman–Crippen LogP) is 2.46. The summed E-state index contributed by atoms with van der Waals surface area (Å²) >= 11 is 6.08. The van der Waals surface area contributed by atoms with Crippen LogP contribution in [0.4, 0.5) is 0 Å². The molecule has 14 heavy (non-hydrogen) atoms. The van der Waals surface area contributed by atoms with Gasteiger partial charge in [0.25, 0.3) is 0 Å². The van der Waals surface area contributed by atoms with Crippen molar-refractivity contribution >= 4 is 11.6 Å². The minimum Gasteiger partial charge on any atom is -0.392 e. The van der Waals surface area contributed by atoms with E-state index in [-0.39, 0.29) is 11.5 Å². The van der Waals surface area contributed by atoms with Crippen molar-refractivity contribution in [2.75, 3.05) is 0 Å². The monoisotopic (exact) mass is 211 g/mol. The third-order valence-corrected chi connectivity index (χ3v) is 3.40. The van der Waals surface area contributed by atoms with Crippen LogP contribution in [0.15, 0.2) is 12.1 Å². The van der Waals surface area contributed by atoms with Crippen LogP contribution < -0.4 is 0 Å². The van der Waals surface area contributed by atoms with Gasteiger partial charge in [0, 0.05) is 11.1 Å². The van der Waals surface area contributed by atoms with Crippen molar-refractivity contribution in [3.8, 4) is 0 Å². The molecule has 3 heteroatoms. The van der Waals surface area contributed by atoms with Crippen molar-refractivity contribution in [3.63, 3.8) is 0 Å². The van der Waals surface area contributed by atoms with Gasteiger partial charge >= 0.3 is 0 Å². The quantitative estimate of drug-likeness (QED) is 0.763. The number of nitrogens with zero attached hydrogens (tertiary/aromatic N) is 1. The third-order valence-electron chi connectivity index (χ3n) is 3.11. The molecule has 0 aliphatic heterocycles. The van der Waals surface area contributed by atoms with Crippen molar-refractivity contribution in [2.45, 2.75) is 38.2 Å². The van der Waals surface area contributed by atoms with Gasteiger partial charge in [0.05, 0.1) is 6.10 Å². The molecule has 0 bridgehead atoms. The van der Waals surface area contributed by atoms with Crippen molar-refractivity contribution in [1.29, 1.82) is 0 Å². The number of rotatable bonds is 2. The summed E-state index contributed by atoms with van der Waals surface area (Å²) in [6, 6.07) is 3.94. The van der Waals surface area contributed by atoms with E-state index >= 15 is 0 Å². The minimum atomic E-state index is -0.343. The fraction of sp³-hybridized carbons (Fsp3) is 0.545. The summed E-state index contributed by atoms with van der Waals surface area (Å²) in [5.74, 6) is 0. The molecule has 1 aromatic heterocycles. The molecule has 76 valence electrons. The molecular formula is C11H14ClNO. The normalized spacial score (nSPS) is 20.6. The van der Waals surface area contributed by atoms with Crippen LogP contribution in [-0.4, -0.2) is 16.2 Å². The lowest BCUT2D eigenvalue weighted by Crippen LogP contribution is -2.23. The first-order valence-corrected chi connectivity index (χ1v) is 5.26. The average Bonchev–Trinajstić information content (AvgIpc) is 2.84. The summed E-state index contributed by atoms with van der Waals surface area (Å²) in [7, 11) is 0. The Balaban J connectivity index is 2.42. The summed E-state index contributed by atoms with van der Waals surface area (Å²) in [5, 5.41) is 10.2. The number of halogens is 1. The second-order valence-electron chi connectivity index (χ2n) is 4.12. The summed E-state index contributed by atoms with van der Waals surface area (Å²) in [6.07, 6.45) is 1.68. The highest BCUT2D eigenvalue weighted by Crippen LogP contribution is 2.52. The Kier molecular flexibility index (Phi) is 2.28. The van der Waals surface area contributed by atoms with Crippen LogP contribution in [-0.2, 0) is 5.41 Å². The molecular weight excluding hydrogens is 198 g/mol. The fourth-order valence-corrected chi connectivity index (χ4v) is 2.33. The lowest BCUT2D eigenvalue weighted by atomic mass is 9.92. The number of hydrogen-bond acceptors (Lipinski definition) is 2. The fourth-order valence-electron chi connectivity index (χ4n) is 1.94. The molecule has 0 amide bonds. The number of aliphatic hydroxyl groups excluding tert-OH is 1. The Labute approximate surface area is 88.9 Å². The van der Waals surface area contributed by atoms with Crippen molar-refractivity contribution in [2.24, 2.45) is 0 Å². The number of hydrogen-bond donors (Lipinski definition) is 1. The Morgan fingerprint density at radius 3 is 2.57 bits per heavy atom. The molecule has 1 fully saturated rings. The molecule has 1 unspecified atom stereocenters. The van der Waals surface area contributed by atoms with Crippen molar-refractivity contribution in [1.82, 2.24) is 4.98 Å². The molecule has 0 spiro atoms. The van der Waals surface area contributed by atoms with Gasteiger partial charge in [0.15, 0.2) is 0 Å². The number of aliphatic hydroxyl groups is 1. The zero-order valence-electron chi connectivity index (χ0n) is 8.42. The smallest absolute Gasteiger partial charge is 0.133 e. The molecule has 1 aliphatic carbocycles. The maximum Gasteiger partial charge on any atom is 0.133 e. The van der Waals surface area contributed by atoms with Gasteiger partial charge in [-0.3, -0.25) is 0 Å². The van der Waals surface area contributed by atoms with Crippen LogP contribution in [0.5, 0.6) is 0 Å². The van der Waals surface area contributed by atoms with Gasteiger partial charge in [-0.15, -0.1) is 0 Å². The first kappa shape index (κ1) is 9.94. The zero-order chi connectivity index (χ0) is 10.3. The minimum absolute atomic E-state index is 0.113. The molecule has 0 saturated heterocycles. The SMILES string of the molecule is Cc1ccc(C2(C(C)O)CC2)c(Cl)n1. The molecule has 0 aromatic carbocycles. The van der Waals surface area contributed by atoms with Gasteiger partial charge in [-0.25, -0.2) is 4.98 Å². The van der Waals surface area contributed by atoms with Crippen LogP contribution in [0.3, 0.4) is 0 Å². The maximum atomic E-state index is 9.70. The van der Waals surface area contributed by atoms with Crippen LogP contribution in [0, 0.1) is 6.92 Å². The Bertz CT molecular complexity index is 358. The zero-order valence-corrected chi connectivity index (χ0v) is 9.17. The highest BCUT2D eigenvalue weighted by molar-refractivity contribution is 6.30. The van der Waals surface area contributed by atoms with Gasteiger partial charge in [0.1, 0.15) is 5.15 Å². The van der Waals surface area contributed by atoms with E-state index in [1.54, 1.807) is 0 Å². The Morgan fingerprint density at radius 1 is 1.50 bits per heavy atom. The molecule has 1 heterocycles. The van der Waals surface area contributed by atoms with E-state index in [9.17, 15) is 5.11 Å². The van der Waals surface area contributed by atoms with Gasteiger partial charge in [0.2, 0.25) is 0 Å². The van der Waals surface area contributed by atoms with E-state index in [0.29, 0.717) is 5.15 Å². The second-order valence-corrected chi connectivity index (χ2v) is 4.48. The summed E-state index contributed by atoms with van der Waals surface area (Å²) in [6.45, 7) is 3.74. The topological polar surface area (TPSA) is 33.1 Å². The van der Waals surface area contributed by atoms with E-state index in [2.05, 4.69) is 4.98 Å². The van der Waals surface area contributed by atoms with Gasteiger partial charge in [-0.1, -0.05) is 17.7 Å². The summed E-state index contributed by atoms with van der Waals surface area (Å²) in [5.41, 5.74) is 1.80. The average molecular weight is 212 g/mol. The largest absolute Gasteiger partial charge is 0.392 e. The lowest BCUT2D eigenvalue weighted by molar-refractivity contribution is 0.150. The molecule has 0 radical (unpaired) electrons. The number of aromatic nitrogens is 1. The lowest BCUT2D eigenvalue weighted by Gasteiger charge is -2.19. The van der Waals surface area contributed by atoms with Gasteiger partial charge in [-0.2, -0.15) is 0 Å². The van der Waals surface area contributed by atoms with E-state index in [1.165, 1.54) is 0 Å². The van der Waals surface area contributed by atoms with Crippen molar-refractivity contribution < 1.29 is 5.11 Å². The van der Waals surface area contributed by atoms with Crippen LogP contribution in [0.25, 0.3) is 0 Å². The number of pyridine rings is 1. The van der Waals surface area contributed by atoms with E-state index in [4.69, 9.17) is 11.6 Å². The van der Waals surface area contributed by atoms with Gasteiger partial charge < -0.3 is 5.11 Å². The molecule has 1 aliphatic rings. The van der Waals surface area contributed by atoms with Crippen LogP contribution in [0.1, 0.15) is 31.0 Å².